The smallest absolute Gasteiger partial charge is 0.237 e. The standard InChI is InChI=1S/C27H29N3O5/c1-32-23-7-4-5-21(11-23)18-33-24-15-29(13-20-8-9-25-26(12-20)35-19-34-25)17-27(31)30(16-24)14-22-6-2-3-10-28-22/h2-12,24H,13-19H2,1H3/t24-/m1/s1. The first-order valence-electron chi connectivity index (χ1n) is 11.7. The monoisotopic (exact) mass is 475 g/mol. The number of carbonyl (C=O) groups excluding carboxylic acids is 1. The van der Waals surface area contributed by atoms with Crippen LogP contribution in [0.4, 0.5) is 0 Å². The van der Waals surface area contributed by atoms with Gasteiger partial charge in [0.15, 0.2) is 11.5 Å². The van der Waals surface area contributed by atoms with Gasteiger partial charge in [0, 0.05) is 25.8 Å². The van der Waals surface area contributed by atoms with Gasteiger partial charge in [-0.05, 0) is 47.5 Å². The molecule has 0 N–H and O–H groups in total. The summed E-state index contributed by atoms with van der Waals surface area (Å²) < 4.78 is 22.6. The Hall–Kier alpha value is -3.62. The summed E-state index contributed by atoms with van der Waals surface area (Å²) in [5, 5.41) is 0. The molecule has 35 heavy (non-hydrogen) atoms. The van der Waals surface area contributed by atoms with Crippen molar-refractivity contribution in [1.29, 1.82) is 0 Å². The van der Waals surface area contributed by atoms with Gasteiger partial charge in [0.25, 0.3) is 0 Å². The first kappa shape index (κ1) is 23.1. The number of amides is 1. The Morgan fingerprint density at radius 2 is 1.89 bits per heavy atom. The molecule has 182 valence electrons. The average molecular weight is 476 g/mol. The molecule has 3 heterocycles. The minimum absolute atomic E-state index is 0.0591. The highest BCUT2D eigenvalue weighted by molar-refractivity contribution is 5.78. The number of aromatic nitrogens is 1. The highest BCUT2D eigenvalue weighted by Gasteiger charge is 2.29. The van der Waals surface area contributed by atoms with Gasteiger partial charge in [0.05, 0.1) is 38.6 Å². The first-order valence-corrected chi connectivity index (χ1v) is 11.7. The van der Waals surface area contributed by atoms with Crippen LogP contribution in [-0.4, -0.2) is 60.3 Å². The maximum absolute atomic E-state index is 13.2. The predicted molar refractivity (Wildman–Crippen MR) is 129 cm³/mol. The number of methoxy groups -OCH3 is 1. The summed E-state index contributed by atoms with van der Waals surface area (Å²) in [5.41, 5.74) is 2.95. The SMILES string of the molecule is COc1cccc(CO[C@@H]2CN(Cc3ccc4c(c3)OCO4)CC(=O)N(Cc3ccccn3)C2)c1. The van der Waals surface area contributed by atoms with Crippen molar-refractivity contribution in [2.45, 2.75) is 25.8 Å². The summed E-state index contributed by atoms with van der Waals surface area (Å²) in [6.07, 6.45) is 1.59. The van der Waals surface area contributed by atoms with E-state index in [1.807, 2.05) is 65.6 Å². The summed E-state index contributed by atoms with van der Waals surface area (Å²) in [6, 6.07) is 19.5. The molecule has 2 aliphatic rings. The topological polar surface area (TPSA) is 73.4 Å². The van der Waals surface area contributed by atoms with E-state index in [0.29, 0.717) is 39.3 Å². The summed E-state index contributed by atoms with van der Waals surface area (Å²) in [6.45, 7) is 3.17. The Morgan fingerprint density at radius 1 is 0.971 bits per heavy atom. The second kappa shape index (κ2) is 10.8. The van der Waals surface area contributed by atoms with Gasteiger partial charge in [-0.15, -0.1) is 0 Å². The molecule has 1 fully saturated rings. The number of hydrogen-bond acceptors (Lipinski definition) is 7. The Labute approximate surface area is 205 Å². The molecule has 8 heteroatoms. The van der Waals surface area contributed by atoms with Crippen molar-refractivity contribution in [3.05, 3.63) is 83.7 Å². The molecule has 0 spiro atoms. The van der Waals surface area contributed by atoms with Crippen LogP contribution in [0.2, 0.25) is 0 Å². The summed E-state index contributed by atoms with van der Waals surface area (Å²) in [7, 11) is 1.65. The van der Waals surface area contributed by atoms with Gasteiger partial charge in [-0.2, -0.15) is 0 Å². The molecule has 0 radical (unpaired) electrons. The van der Waals surface area contributed by atoms with Gasteiger partial charge < -0.3 is 23.8 Å². The second-order valence-corrected chi connectivity index (χ2v) is 8.74. The van der Waals surface area contributed by atoms with Crippen LogP contribution in [0, 0.1) is 0 Å². The van der Waals surface area contributed by atoms with Crippen LogP contribution in [0.25, 0.3) is 0 Å². The third-order valence-corrected chi connectivity index (χ3v) is 6.14. The Morgan fingerprint density at radius 3 is 2.74 bits per heavy atom. The zero-order valence-electron chi connectivity index (χ0n) is 19.8. The summed E-state index contributed by atoms with van der Waals surface area (Å²) in [5.74, 6) is 2.35. The Balaban J connectivity index is 1.31. The highest BCUT2D eigenvalue weighted by Crippen LogP contribution is 2.33. The maximum atomic E-state index is 13.2. The molecule has 0 aliphatic carbocycles. The van der Waals surface area contributed by atoms with Crippen LogP contribution in [0.5, 0.6) is 17.2 Å². The molecule has 1 atom stereocenters. The van der Waals surface area contributed by atoms with Crippen molar-refractivity contribution in [2.75, 3.05) is 33.5 Å². The van der Waals surface area contributed by atoms with Crippen LogP contribution in [0.3, 0.4) is 0 Å². The van der Waals surface area contributed by atoms with E-state index in [1.54, 1.807) is 13.3 Å². The highest BCUT2D eigenvalue weighted by atomic mass is 16.7. The van der Waals surface area contributed by atoms with Gasteiger partial charge >= 0.3 is 0 Å². The largest absolute Gasteiger partial charge is 0.497 e. The molecule has 2 aromatic carbocycles. The van der Waals surface area contributed by atoms with Crippen LogP contribution < -0.4 is 14.2 Å². The van der Waals surface area contributed by atoms with Crippen molar-refractivity contribution in [3.63, 3.8) is 0 Å². The predicted octanol–water partition coefficient (Wildman–Crippen LogP) is 3.25. The maximum Gasteiger partial charge on any atom is 0.237 e. The fourth-order valence-electron chi connectivity index (χ4n) is 4.39. The van der Waals surface area contributed by atoms with Gasteiger partial charge in [0.2, 0.25) is 12.7 Å². The molecule has 1 aromatic heterocycles. The third kappa shape index (κ3) is 5.90. The zero-order chi connectivity index (χ0) is 24.0. The van der Waals surface area contributed by atoms with E-state index in [2.05, 4.69) is 9.88 Å². The van der Waals surface area contributed by atoms with Crippen molar-refractivity contribution in [2.24, 2.45) is 0 Å². The van der Waals surface area contributed by atoms with Crippen LogP contribution >= 0.6 is 0 Å². The van der Waals surface area contributed by atoms with Crippen molar-refractivity contribution >= 4 is 5.91 Å². The normalized spacial score (nSPS) is 17.9. The molecule has 0 bridgehead atoms. The molecular formula is C27H29N3O5. The summed E-state index contributed by atoms with van der Waals surface area (Å²) >= 11 is 0. The molecule has 5 rings (SSSR count). The molecule has 0 unspecified atom stereocenters. The lowest BCUT2D eigenvalue weighted by Gasteiger charge is -2.25. The molecular weight excluding hydrogens is 446 g/mol. The lowest BCUT2D eigenvalue weighted by Crippen LogP contribution is -2.37. The average Bonchev–Trinajstić information content (AvgIpc) is 3.29. The van der Waals surface area contributed by atoms with Gasteiger partial charge in [-0.3, -0.25) is 14.7 Å². The molecule has 1 saturated heterocycles. The van der Waals surface area contributed by atoms with Crippen LogP contribution in [-0.2, 0) is 29.2 Å². The van der Waals surface area contributed by atoms with Gasteiger partial charge in [-0.25, -0.2) is 0 Å². The minimum atomic E-state index is -0.162. The molecule has 3 aromatic rings. The number of nitrogens with zero attached hydrogens (tertiary/aromatic N) is 3. The van der Waals surface area contributed by atoms with Crippen molar-refractivity contribution in [3.8, 4) is 17.2 Å². The summed E-state index contributed by atoms with van der Waals surface area (Å²) in [4.78, 5) is 21.6. The van der Waals surface area contributed by atoms with E-state index in [0.717, 1.165) is 34.1 Å². The van der Waals surface area contributed by atoms with Gasteiger partial charge in [0.1, 0.15) is 5.75 Å². The van der Waals surface area contributed by atoms with E-state index in [1.165, 1.54) is 0 Å². The van der Waals surface area contributed by atoms with Crippen molar-refractivity contribution < 1.29 is 23.7 Å². The number of pyridine rings is 1. The molecule has 1 amide bonds. The van der Waals surface area contributed by atoms with Crippen LogP contribution in [0.15, 0.2) is 66.9 Å². The van der Waals surface area contributed by atoms with Crippen molar-refractivity contribution in [1.82, 2.24) is 14.8 Å². The fraction of sp³-hybridized carbons (Fsp3) is 0.333. The fourth-order valence-corrected chi connectivity index (χ4v) is 4.39. The zero-order valence-corrected chi connectivity index (χ0v) is 19.8. The molecule has 2 aliphatic heterocycles. The molecule has 0 saturated carbocycles. The quantitative estimate of drug-likeness (QED) is 0.495. The Kier molecular flexibility index (Phi) is 7.11. The number of fused-ring (bicyclic) bond motifs is 1. The molecule has 8 nitrogen and oxygen atoms in total. The number of hydrogen-bond donors (Lipinski definition) is 0. The minimum Gasteiger partial charge on any atom is -0.497 e. The number of carbonyl (C=O) groups is 1. The van der Waals surface area contributed by atoms with E-state index >= 15 is 0 Å². The van der Waals surface area contributed by atoms with Gasteiger partial charge in [-0.1, -0.05) is 24.3 Å². The van der Waals surface area contributed by atoms with Crippen LogP contribution in [0.1, 0.15) is 16.8 Å². The number of benzene rings is 2. The third-order valence-electron chi connectivity index (χ3n) is 6.14. The van der Waals surface area contributed by atoms with E-state index in [9.17, 15) is 4.79 Å². The number of rotatable bonds is 8. The second-order valence-electron chi connectivity index (χ2n) is 8.74. The lowest BCUT2D eigenvalue weighted by atomic mass is 10.2. The van der Waals surface area contributed by atoms with E-state index < -0.39 is 0 Å². The number of ether oxygens (including phenoxy) is 4. The first-order chi connectivity index (χ1) is 17.2. The Bertz CT molecular complexity index is 1160. The lowest BCUT2D eigenvalue weighted by molar-refractivity contribution is -0.132. The van der Waals surface area contributed by atoms with E-state index in [4.69, 9.17) is 18.9 Å². The van der Waals surface area contributed by atoms with E-state index in [-0.39, 0.29) is 18.8 Å².